The molecule has 7 heteroatoms. The van der Waals surface area contributed by atoms with E-state index in [2.05, 4.69) is 20.7 Å². The summed E-state index contributed by atoms with van der Waals surface area (Å²) in [5, 5.41) is 0. The van der Waals surface area contributed by atoms with Crippen molar-refractivity contribution in [1.29, 1.82) is 0 Å². The van der Waals surface area contributed by atoms with Crippen molar-refractivity contribution in [3.05, 3.63) is 52.4 Å². The summed E-state index contributed by atoms with van der Waals surface area (Å²) in [5.41, 5.74) is 6.40. The Hall–Kier alpha value is -1.15. The molecular weight excluding hydrogens is 356 g/mol. The van der Waals surface area contributed by atoms with Gasteiger partial charge in [-0.25, -0.2) is 13.1 Å². The number of furan rings is 1. The summed E-state index contributed by atoms with van der Waals surface area (Å²) >= 11 is 3.28. The van der Waals surface area contributed by atoms with E-state index >= 15 is 0 Å². The highest BCUT2D eigenvalue weighted by atomic mass is 79.9. The average molecular weight is 373 g/mol. The fourth-order valence-corrected chi connectivity index (χ4v) is 4.36. The molecule has 0 bridgehead atoms. The normalized spacial score (nSPS) is 13.3. The molecule has 1 heterocycles. The second-order valence-corrected chi connectivity index (χ2v) is 7.31. The Labute approximate surface area is 132 Å². The van der Waals surface area contributed by atoms with Gasteiger partial charge in [0.25, 0.3) is 0 Å². The zero-order chi connectivity index (χ0) is 15.5. The highest BCUT2D eigenvalue weighted by molar-refractivity contribution is 9.10. The van der Waals surface area contributed by atoms with Gasteiger partial charge in [-0.3, -0.25) is 0 Å². The summed E-state index contributed by atoms with van der Waals surface area (Å²) in [4.78, 5) is 0.200. The van der Waals surface area contributed by atoms with Crippen LogP contribution in [0.15, 0.2) is 50.4 Å². The highest BCUT2D eigenvalue weighted by Gasteiger charge is 2.21. The summed E-state index contributed by atoms with van der Waals surface area (Å²) < 4.78 is 33.1. The Bertz CT molecular complexity index is 699. The summed E-state index contributed by atoms with van der Waals surface area (Å²) in [7, 11) is -3.60. The molecule has 1 unspecified atom stereocenters. The number of halogens is 1. The van der Waals surface area contributed by atoms with Crippen LogP contribution >= 0.6 is 15.9 Å². The molecule has 114 valence electrons. The maximum atomic E-state index is 12.4. The summed E-state index contributed by atoms with van der Waals surface area (Å²) in [5.74, 6) is 0.739. The first-order valence-corrected chi connectivity index (χ1v) is 8.73. The van der Waals surface area contributed by atoms with E-state index in [4.69, 9.17) is 10.2 Å². The first-order chi connectivity index (χ1) is 9.92. The lowest BCUT2D eigenvalue weighted by Gasteiger charge is -2.14. The molecule has 0 aliphatic carbocycles. The summed E-state index contributed by atoms with van der Waals surface area (Å²) in [6.45, 7) is 2.16. The van der Waals surface area contributed by atoms with Crippen molar-refractivity contribution in [2.75, 3.05) is 0 Å². The number of nitrogens with two attached hydrogens (primary N) is 1. The Kier molecular flexibility index (Phi) is 5.21. The van der Waals surface area contributed by atoms with Gasteiger partial charge in [0, 0.05) is 23.5 Å². The maximum absolute atomic E-state index is 12.4. The first kappa shape index (κ1) is 16.2. The third-order valence-corrected chi connectivity index (χ3v) is 5.53. The fraction of sp³-hybridized carbons (Fsp3) is 0.286. The molecule has 1 atom stereocenters. The van der Waals surface area contributed by atoms with Crippen LogP contribution in [0.2, 0.25) is 0 Å². The molecule has 21 heavy (non-hydrogen) atoms. The lowest BCUT2D eigenvalue weighted by Crippen LogP contribution is -2.34. The van der Waals surface area contributed by atoms with Crippen molar-refractivity contribution < 1.29 is 12.8 Å². The quantitative estimate of drug-likeness (QED) is 0.814. The lowest BCUT2D eigenvalue weighted by molar-refractivity contribution is 0.479. The minimum absolute atomic E-state index is 0.200. The van der Waals surface area contributed by atoms with Crippen molar-refractivity contribution in [1.82, 2.24) is 4.72 Å². The number of hydrogen-bond donors (Lipinski definition) is 2. The monoisotopic (exact) mass is 372 g/mol. The van der Waals surface area contributed by atoms with Gasteiger partial charge in [0.1, 0.15) is 5.76 Å². The molecule has 2 rings (SSSR count). The number of benzene rings is 1. The van der Waals surface area contributed by atoms with Gasteiger partial charge in [0.15, 0.2) is 0 Å². The minimum atomic E-state index is -3.60. The summed E-state index contributed by atoms with van der Waals surface area (Å²) in [6, 6.07) is 8.29. The van der Waals surface area contributed by atoms with E-state index in [1.54, 1.807) is 37.5 Å². The molecule has 0 amide bonds. The van der Waals surface area contributed by atoms with Gasteiger partial charge in [-0.2, -0.15) is 0 Å². The van der Waals surface area contributed by atoms with E-state index in [-0.39, 0.29) is 10.9 Å². The predicted octanol–water partition coefficient (Wildman–Crippen LogP) is 2.41. The van der Waals surface area contributed by atoms with E-state index < -0.39 is 10.0 Å². The Balaban J connectivity index is 2.14. The molecule has 2 aromatic rings. The van der Waals surface area contributed by atoms with Crippen LogP contribution in [-0.4, -0.2) is 14.5 Å². The topological polar surface area (TPSA) is 85.3 Å². The van der Waals surface area contributed by atoms with Crippen molar-refractivity contribution >= 4 is 26.0 Å². The predicted molar refractivity (Wildman–Crippen MR) is 84.2 cm³/mol. The molecule has 0 aliphatic rings. The molecule has 0 saturated carbocycles. The van der Waals surface area contributed by atoms with Gasteiger partial charge >= 0.3 is 0 Å². The van der Waals surface area contributed by atoms with Gasteiger partial charge in [-0.1, -0.05) is 6.07 Å². The van der Waals surface area contributed by atoms with Gasteiger partial charge in [-0.05, 0) is 52.7 Å². The van der Waals surface area contributed by atoms with Crippen LogP contribution in [0.1, 0.15) is 18.2 Å². The minimum Gasteiger partial charge on any atom is -0.469 e. The van der Waals surface area contributed by atoms with Crippen LogP contribution in [0.4, 0.5) is 0 Å². The third-order valence-electron chi connectivity index (χ3n) is 2.97. The maximum Gasteiger partial charge on any atom is 0.241 e. The van der Waals surface area contributed by atoms with Gasteiger partial charge in [0.2, 0.25) is 10.0 Å². The molecule has 5 nitrogen and oxygen atoms in total. The highest BCUT2D eigenvalue weighted by Crippen LogP contribution is 2.23. The molecule has 0 spiro atoms. The molecule has 0 saturated heterocycles. The Morgan fingerprint density at radius 3 is 2.71 bits per heavy atom. The standard InChI is InChI=1S/C14H17BrN2O3S/c1-10(7-12-3-2-6-20-12)17-21(18,19)14-5-4-11(9-16)8-13(14)15/h2-6,8,10,17H,7,9,16H2,1H3. The second-order valence-electron chi connectivity index (χ2n) is 4.77. The van der Waals surface area contributed by atoms with E-state index in [0.717, 1.165) is 11.3 Å². The van der Waals surface area contributed by atoms with Crippen LogP contribution in [0.5, 0.6) is 0 Å². The lowest BCUT2D eigenvalue weighted by atomic mass is 10.2. The molecule has 0 fully saturated rings. The van der Waals surface area contributed by atoms with E-state index in [0.29, 0.717) is 17.4 Å². The molecular formula is C14H17BrN2O3S. The number of rotatable bonds is 6. The van der Waals surface area contributed by atoms with Crippen LogP contribution in [0.25, 0.3) is 0 Å². The first-order valence-electron chi connectivity index (χ1n) is 6.45. The number of hydrogen-bond acceptors (Lipinski definition) is 4. The van der Waals surface area contributed by atoms with Crippen molar-refractivity contribution in [3.8, 4) is 0 Å². The molecule has 1 aromatic heterocycles. The largest absolute Gasteiger partial charge is 0.469 e. The van der Waals surface area contributed by atoms with Gasteiger partial charge < -0.3 is 10.2 Å². The third kappa shape index (κ3) is 4.16. The zero-order valence-corrected chi connectivity index (χ0v) is 13.9. The number of sulfonamides is 1. The average Bonchev–Trinajstić information content (AvgIpc) is 2.90. The molecule has 3 N–H and O–H groups in total. The molecule has 0 radical (unpaired) electrons. The van der Waals surface area contributed by atoms with Crippen molar-refractivity contribution in [2.24, 2.45) is 5.73 Å². The fourth-order valence-electron chi connectivity index (χ4n) is 1.99. The van der Waals surface area contributed by atoms with Crippen LogP contribution in [-0.2, 0) is 23.0 Å². The van der Waals surface area contributed by atoms with Crippen LogP contribution < -0.4 is 10.5 Å². The van der Waals surface area contributed by atoms with Crippen LogP contribution in [0, 0.1) is 0 Å². The van der Waals surface area contributed by atoms with Crippen LogP contribution in [0.3, 0.4) is 0 Å². The zero-order valence-electron chi connectivity index (χ0n) is 11.5. The van der Waals surface area contributed by atoms with Gasteiger partial charge in [0.05, 0.1) is 11.2 Å². The molecule has 0 aliphatic heterocycles. The van der Waals surface area contributed by atoms with E-state index in [1.165, 1.54) is 0 Å². The Morgan fingerprint density at radius 1 is 1.38 bits per heavy atom. The summed E-state index contributed by atoms with van der Waals surface area (Å²) in [6.07, 6.45) is 2.06. The Morgan fingerprint density at radius 2 is 2.14 bits per heavy atom. The SMILES string of the molecule is CC(Cc1ccco1)NS(=O)(=O)c1ccc(CN)cc1Br. The van der Waals surface area contributed by atoms with E-state index in [9.17, 15) is 8.42 Å². The van der Waals surface area contributed by atoms with Crippen molar-refractivity contribution in [2.45, 2.75) is 30.8 Å². The smallest absolute Gasteiger partial charge is 0.241 e. The molecule has 1 aromatic carbocycles. The second kappa shape index (κ2) is 6.74. The van der Waals surface area contributed by atoms with Gasteiger partial charge in [-0.15, -0.1) is 0 Å². The number of nitrogens with one attached hydrogen (secondary N) is 1. The van der Waals surface area contributed by atoms with Crippen molar-refractivity contribution in [3.63, 3.8) is 0 Å². The van der Waals surface area contributed by atoms with E-state index in [1.807, 2.05) is 6.07 Å².